The van der Waals surface area contributed by atoms with Gasteiger partial charge in [0, 0.05) is 17.1 Å². The van der Waals surface area contributed by atoms with Gasteiger partial charge in [-0.25, -0.2) is 8.42 Å². The average Bonchev–Trinajstić information content (AvgIpc) is 2.88. The average molecular weight is 584 g/mol. The van der Waals surface area contributed by atoms with Crippen molar-refractivity contribution in [1.82, 2.24) is 10.2 Å². The van der Waals surface area contributed by atoms with Crippen LogP contribution in [-0.2, 0) is 26.2 Å². The Labute approximate surface area is 243 Å². The van der Waals surface area contributed by atoms with E-state index in [9.17, 15) is 18.0 Å². The Morgan fingerprint density at radius 2 is 1.52 bits per heavy atom. The molecule has 7 nitrogen and oxygen atoms in total. The summed E-state index contributed by atoms with van der Waals surface area (Å²) in [5, 5.41) is 3.42. The van der Waals surface area contributed by atoms with Gasteiger partial charge < -0.3 is 10.2 Å². The molecule has 1 N–H and O–H groups in total. The van der Waals surface area contributed by atoms with Crippen molar-refractivity contribution in [3.05, 3.63) is 94.5 Å². The van der Waals surface area contributed by atoms with E-state index in [4.69, 9.17) is 11.6 Å². The number of carbonyl (C=O) groups is 2. The van der Waals surface area contributed by atoms with E-state index in [-0.39, 0.29) is 17.3 Å². The number of aryl methyl sites for hydroxylation is 2. The first-order valence-electron chi connectivity index (χ1n) is 13.2. The summed E-state index contributed by atoms with van der Waals surface area (Å²) in [6, 6.07) is 19.8. The lowest BCUT2D eigenvalue weighted by Crippen LogP contribution is -2.55. The van der Waals surface area contributed by atoms with Crippen LogP contribution < -0.4 is 9.62 Å². The second-order valence-corrected chi connectivity index (χ2v) is 13.2. The maximum absolute atomic E-state index is 14.2. The van der Waals surface area contributed by atoms with Crippen LogP contribution in [0.4, 0.5) is 5.69 Å². The van der Waals surface area contributed by atoms with Crippen molar-refractivity contribution in [2.75, 3.05) is 10.8 Å². The fourth-order valence-electron chi connectivity index (χ4n) is 4.38. The van der Waals surface area contributed by atoms with Crippen molar-refractivity contribution >= 4 is 39.1 Å². The van der Waals surface area contributed by atoms with Crippen LogP contribution in [0.15, 0.2) is 77.7 Å². The molecular formula is C31H38ClN3O4S. The molecule has 1 atom stereocenters. The number of nitrogens with one attached hydrogen (secondary N) is 1. The zero-order valence-electron chi connectivity index (χ0n) is 23.9. The summed E-state index contributed by atoms with van der Waals surface area (Å²) in [5.41, 5.74) is 2.14. The van der Waals surface area contributed by atoms with Gasteiger partial charge in [-0.1, -0.05) is 72.6 Å². The summed E-state index contributed by atoms with van der Waals surface area (Å²) in [6.45, 7) is 10.6. The number of para-hydroxylation sites is 1. The molecule has 3 aromatic rings. The molecule has 0 aliphatic heterocycles. The molecule has 0 radical (unpaired) electrons. The van der Waals surface area contributed by atoms with Crippen molar-refractivity contribution < 1.29 is 18.0 Å². The van der Waals surface area contributed by atoms with E-state index in [1.165, 1.54) is 17.0 Å². The van der Waals surface area contributed by atoms with Crippen LogP contribution in [0.25, 0.3) is 0 Å². The monoisotopic (exact) mass is 583 g/mol. The first kappa shape index (κ1) is 31.2. The first-order valence-corrected chi connectivity index (χ1v) is 15.1. The minimum absolute atomic E-state index is 0.0424. The molecule has 2 amide bonds. The second kappa shape index (κ2) is 12.9. The van der Waals surface area contributed by atoms with Crippen molar-refractivity contribution in [1.29, 1.82) is 0 Å². The van der Waals surface area contributed by atoms with Crippen LogP contribution in [0.1, 0.15) is 50.8 Å². The number of hydrogen-bond acceptors (Lipinski definition) is 4. The molecule has 0 saturated carbocycles. The van der Waals surface area contributed by atoms with Gasteiger partial charge in [0.05, 0.1) is 10.6 Å². The molecule has 0 heterocycles. The zero-order chi connectivity index (χ0) is 29.7. The number of halogens is 1. The Morgan fingerprint density at radius 3 is 2.10 bits per heavy atom. The highest BCUT2D eigenvalue weighted by atomic mass is 35.5. The highest BCUT2D eigenvalue weighted by molar-refractivity contribution is 7.92. The van der Waals surface area contributed by atoms with Crippen LogP contribution in [-0.4, -0.2) is 43.3 Å². The van der Waals surface area contributed by atoms with Crippen molar-refractivity contribution in [2.45, 2.75) is 71.0 Å². The van der Waals surface area contributed by atoms with E-state index >= 15 is 0 Å². The van der Waals surface area contributed by atoms with E-state index in [0.29, 0.717) is 28.3 Å². The summed E-state index contributed by atoms with van der Waals surface area (Å²) >= 11 is 6.45. The number of carbonyl (C=O) groups excluding carboxylic acids is 2. The fraction of sp³-hybridized carbons (Fsp3) is 0.355. The molecule has 0 aliphatic rings. The Morgan fingerprint density at radius 1 is 0.925 bits per heavy atom. The Kier molecular flexibility index (Phi) is 10.0. The van der Waals surface area contributed by atoms with Crippen molar-refractivity contribution in [3.63, 3.8) is 0 Å². The van der Waals surface area contributed by atoms with Crippen molar-refractivity contribution in [3.8, 4) is 0 Å². The number of sulfonamides is 1. The number of anilines is 1. The van der Waals surface area contributed by atoms with Crippen LogP contribution in [0.5, 0.6) is 0 Å². The molecule has 40 heavy (non-hydrogen) atoms. The molecule has 214 valence electrons. The van der Waals surface area contributed by atoms with Gasteiger partial charge in [-0.3, -0.25) is 13.9 Å². The third-order valence-corrected chi connectivity index (χ3v) is 8.60. The van der Waals surface area contributed by atoms with E-state index in [1.54, 1.807) is 55.5 Å². The quantitative estimate of drug-likeness (QED) is 0.323. The third-order valence-electron chi connectivity index (χ3n) is 6.45. The molecule has 0 aliphatic carbocycles. The van der Waals surface area contributed by atoms with Crippen LogP contribution in [0.3, 0.4) is 0 Å². The lowest BCUT2D eigenvalue weighted by molar-refractivity contribution is -0.141. The lowest BCUT2D eigenvalue weighted by Gasteiger charge is -2.35. The van der Waals surface area contributed by atoms with E-state index < -0.39 is 34.1 Å². The SMILES string of the molecule is CCC(C(=O)NC(C)(C)C)N(Cc1ccccc1Cl)C(=O)CN(c1ccccc1C)S(=O)(=O)c1ccc(C)cc1. The Balaban J connectivity index is 2.10. The summed E-state index contributed by atoms with van der Waals surface area (Å²) in [4.78, 5) is 29.1. The number of rotatable bonds is 10. The first-order chi connectivity index (χ1) is 18.7. The largest absolute Gasteiger partial charge is 0.350 e. The van der Waals surface area contributed by atoms with Gasteiger partial charge in [0.25, 0.3) is 10.0 Å². The Hall–Kier alpha value is -3.36. The Bertz CT molecular complexity index is 1450. The van der Waals surface area contributed by atoms with Gasteiger partial charge in [0.1, 0.15) is 12.6 Å². The molecule has 3 rings (SSSR count). The smallest absolute Gasteiger partial charge is 0.264 e. The maximum Gasteiger partial charge on any atom is 0.264 e. The standard InChI is InChI=1S/C31H38ClN3O4S/c1-7-27(30(37)33-31(4,5)6)34(20-24-13-9-10-14-26(24)32)29(36)21-35(28-15-11-8-12-23(28)3)40(38,39)25-18-16-22(2)17-19-25/h8-19,27H,7,20-21H2,1-6H3,(H,33,37). The lowest BCUT2D eigenvalue weighted by atomic mass is 10.1. The van der Waals surface area contributed by atoms with Crippen LogP contribution in [0, 0.1) is 13.8 Å². The summed E-state index contributed by atoms with van der Waals surface area (Å²) < 4.78 is 29.1. The molecule has 9 heteroatoms. The summed E-state index contributed by atoms with van der Waals surface area (Å²) in [7, 11) is -4.13. The third kappa shape index (κ3) is 7.64. The van der Waals surface area contributed by atoms with Gasteiger partial charge in [-0.05, 0) is 76.4 Å². The maximum atomic E-state index is 14.2. The van der Waals surface area contributed by atoms with Crippen molar-refractivity contribution in [2.24, 2.45) is 0 Å². The highest BCUT2D eigenvalue weighted by Crippen LogP contribution is 2.28. The summed E-state index contributed by atoms with van der Waals surface area (Å²) in [6.07, 6.45) is 0.327. The second-order valence-electron chi connectivity index (χ2n) is 10.9. The minimum atomic E-state index is -4.13. The molecule has 3 aromatic carbocycles. The van der Waals surface area contributed by atoms with Crippen LogP contribution >= 0.6 is 11.6 Å². The molecule has 1 unspecified atom stereocenters. The number of nitrogens with zero attached hydrogens (tertiary/aromatic N) is 2. The number of hydrogen-bond donors (Lipinski definition) is 1. The molecule has 0 bridgehead atoms. The van der Waals surface area contributed by atoms with Gasteiger partial charge >= 0.3 is 0 Å². The van der Waals surface area contributed by atoms with E-state index in [2.05, 4.69) is 5.32 Å². The van der Waals surface area contributed by atoms with E-state index in [0.717, 1.165) is 9.87 Å². The molecule has 0 fully saturated rings. The molecular weight excluding hydrogens is 546 g/mol. The number of benzene rings is 3. The van der Waals surface area contributed by atoms with Gasteiger partial charge in [-0.2, -0.15) is 0 Å². The van der Waals surface area contributed by atoms with Crippen LogP contribution in [0.2, 0.25) is 5.02 Å². The topological polar surface area (TPSA) is 86.8 Å². The predicted molar refractivity (Wildman–Crippen MR) is 161 cm³/mol. The van der Waals surface area contributed by atoms with Gasteiger partial charge in [0.2, 0.25) is 11.8 Å². The molecule has 0 aromatic heterocycles. The number of amides is 2. The van der Waals surface area contributed by atoms with Gasteiger partial charge in [-0.15, -0.1) is 0 Å². The predicted octanol–water partition coefficient (Wildman–Crippen LogP) is 5.87. The van der Waals surface area contributed by atoms with Gasteiger partial charge in [0.15, 0.2) is 0 Å². The molecule has 0 spiro atoms. The van der Waals surface area contributed by atoms with E-state index in [1.807, 2.05) is 46.8 Å². The summed E-state index contributed by atoms with van der Waals surface area (Å²) in [5.74, 6) is -0.839. The fourth-order valence-corrected chi connectivity index (χ4v) is 6.05. The minimum Gasteiger partial charge on any atom is -0.350 e. The normalized spacial score (nSPS) is 12.5. The molecule has 0 saturated heterocycles. The zero-order valence-corrected chi connectivity index (χ0v) is 25.5. The highest BCUT2D eigenvalue weighted by Gasteiger charge is 2.35.